The van der Waals surface area contributed by atoms with Crippen LogP contribution in [0.1, 0.15) is 30.9 Å². The van der Waals surface area contributed by atoms with Gasteiger partial charge in [0.15, 0.2) is 0 Å². The molecule has 0 unspecified atom stereocenters. The van der Waals surface area contributed by atoms with Gasteiger partial charge in [-0.3, -0.25) is 9.59 Å². The molecule has 0 atom stereocenters. The van der Waals surface area contributed by atoms with Crippen molar-refractivity contribution in [2.75, 3.05) is 24.2 Å². The molecule has 2 amide bonds. The second-order valence-corrected chi connectivity index (χ2v) is 9.87. The molecule has 1 aliphatic rings. The number of aromatic nitrogens is 1. The summed E-state index contributed by atoms with van der Waals surface area (Å²) in [4.78, 5) is 28.5. The minimum atomic E-state index is -0.0287. The van der Waals surface area contributed by atoms with E-state index in [4.69, 9.17) is 0 Å². The lowest BCUT2D eigenvalue weighted by atomic mass is 9.99. The highest BCUT2D eigenvalue weighted by atomic mass is 32.2. The number of rotatable bonds is 6. The van der Waals surface area contributed by atoms with Crippen molar-refractivity contribution in [3.8, 4) is 0 Å². The average molecular weight is 450 g/mol. The highest BCUT2D eigenvalue weighted by Gasteiger charge is 2.21. The van der Waals surface area contributed by atoms with Crippen molar-refractivity contribution in [2.45, 2.75) is 45.1 Å². The Morgan fingerprint density at radius 3 is 2.62 bits per heavy atom. The van der Waals surface area contributed by atoms with Crippen LogP contribution in [-0.4, -0.2) is 40.1 Å². The van der Waals surface area contributed by atoms with Gasteiger partial charge in [-0.25, -0.2) is 0 Å². The molecule has 0 aliphatic carbocycles. The number of fused-ring (bicyclic) bond motifs is 1. The average Bonchev–Trinajstić information content (AvgIpc) is 3.13. The molecule has 6 heteroatoms. The van der Waals surface area contributed by atoms with Crippen LogP contribution < -0.4 is 5.32 Å². The van der Waals surface area contributed by atoms with E-state index in [1.807, 2.05) is 65.9 Å². The number of aryl methyl sites for hydroxylation is 2. The lowest BCUT2D eigenvalue weighted by Crippen LogP contribution is -2.39. The third-order valence-electron chi connectivity index (χ3n) is 6.22. The second kappa shape index (κ2) is 9.82. The molecule has 168 valence electrons. The first kappa shape index (κ1) is 22.5. The van der Waals surface area contributed by atoms with Gasteiger partial charge in [0, 0.05) is 40.8 Å². The maximum Gasteiger partial charge on any atom is 0.242 e. The lowest BCUT2D eigenvalue weighted by Gasteiger charge is -2.30. The fraction of sp³-hybridized carbons (Fsp3) is 0.385. The molecule has 2 heterocycles. The lowest BCUT2D eigenvalue weighted by molar-refractivity contribution is -0.133. The Labute approximate surface area is 194 Å². The van der Waals surface area contributed by atoms with Gasteiger partial charge >= 0.3 is 0 Å². The van der Waals surface area contributed by atoms with E-state index < -0.39 is 0 Å². The van der Waals surface area contributed by atoms with Crippen LogP contribution in [0.4, 0.5) is 5.69 Å². The SMILES string of the molecule is Cc1ccc(C)c(NC(=O)CSc2cn(CC(=O)N3CCC(C)CC3)c3ccccc23)c1. The molecule has 0 saturated carbocycles. The van der Waals surface area contributed by atoms with E-state index in [2.05, 4.69) is 18.3 Å². The van der Waals surface area contributed by atoms with Gasteiger partial charge in [0.1, 0.15) is 6.54 Å². The molecule has 1 saturated heterocycles. The zero-order valence-corrected chi connectivity index (χ0v) is 19.9. The van der Waals surface area contributed by atoms with Gasteiger partial charge in [-0.15, -0.1) is 11.8 Å². The summed E-state index contributed by atoms with van der Waals surface area (Å²) in [6, 6.07) is 14.2. The van der Waals surface area contributed by atoms with E-state index in [-0.39, 0.29) is 11.8 Å². The van der Waals surface area contributed by atoms with Crippen LogP contribution >= 0.6 is 11.8 Å². The van der Waals surface area contributed by atoms with Gasteiger partial charge < -0.3 is 14.8 Å². The van der Waals surface area contributed by atoms with E-state index >= 15 is 0 Å². The van der Waals surface area contributed by atoms with Gasteiger partial charge in [0.05, 0.1) is 5.75 Å². The van der Waals surface area contributed by atoms with Crippen LogP contribution in [0.5, 0.6) is 0 Å². The van der Waals surface area contributed by atoms with E-state index in [1.165, 1.54) is 11.8 Å². The number of nitrogens with zero attached hydrogens (tertiary/aromatic N) is 2. The molecule has 32 heavy (non-hydrogen) atoms. The van der Waals surface area contributed by atoms with Gasteiger partial charge in [0.25, 0.3) is 0 Å². The van der Waals surface area contributed by atoms with Crippen molar-refractivity contribution in [3.05, 3.63) is 59.8 Å². The van der Waals surface area contributed by atoms with Crippen molar-refractivity contribution in [1.82, 2.24) is 9.47 Å². The van der Waals surface area contributed by atoms with Crippen LogP contribution in [-0.2, 0) is 16.1 Å². The van der Waals surface area contributed by atoms with E-state index in [1.54, 1.807) is 0 Å². The Balaban J connectivity index is 1.44. The molecule has 1 aliphatic heterocycles. The molecule has 0 bridgehead atoms. The maximum atomic E-state index is 12.9. The molecule has 4 rings (SSSR count). The monoisotopic (exact) mass is 449 g/mol. The molecule has 2 aromatic carbocycles. The highest BCUT2D eigenvalue weighted by Crippen LogP contribution is 2.30. The second-order valence-electron chi connectivity index (χ2n) is 8.86. The topological polar surface area (TPSA) is 54.3 Å². The minimum absolute atomic E-state index is 0.0287. The number of benzene rings is 2. The first-order valence-corrected chi connectivity index (χ1v) is 12.2. The molecule has 0 spiro atoms. The number of hydrogen-bond acceptors (Lipinski definition) is 3. The maximum absolute atomic E-state index is 12.9. The number of thioether (sulfide) groups is 1. The summed E-state index contributed by atoms with van der Waals surface area (Å²) < 4.78 is 2.03. The summed E-state index contributed by atoms with van der Waals surface area (Å²) in [6.07, 6.45) is 4.18. The Kier molecular flexibility index (Phi) is 6.89. The number of piperidine rings is 1. The predicted octanol–water partition coefficient (Wildman–Crippen LogP) is 5.25. The van der Waals surface area contributed by atoms with Gasteiger partial charge in [0.2, 0.25) is 11.8 Å². The third kappa shape index (κ3) is 5.18. The number of carbonyl (C=O) groups is 2. The molecular formula is C26H31N3O2S. The smallest absolute Gasteiger partial charge is 0.242 e. The Bertz CT molecular complexity index is 1130. The van der Waals surface area contributed by atoms with E-state index in [9.17, 15) is 9.59 Å². The zero-order chi connectivity index (χ0) is 22.7. The van der Waals surface area contributed by atoms with Crippen molar-refractivity contribution in [3.63, 3.8) is 0 Å². The first-order valence-electron chi connectivity index (χ1n) is 11.3. The summed E-state index contributed by atoms with van der Waals surface area (Å²) in [6.45, 7) is 8.30. The van der Waals surface area contributed by atoms with Gasteiger partial charge in [-0.2, -0.15) is 0 Å². The van der Waals surface area contributed by atoms with Crippen LogP contribution in [0.2, 0.25) is 0 Å². The summed E-state index contributed by atoms with van der Waals surface area (Å²) >= 11 is 1.51. The van der Waals surface area contributed by atoms with Crippen molar-refractivity contribution < 1.29 is 9.59 Å². The molecule has 5 nitrogen and oxygen atoms in total. The molecule has 3 aromatic rings. The Morgan fingerprint density at radius 1 is 1.09 bits per heavy atom. The van der Waals surface area contributed by atoms with E-state index in [0.717, 1.165) is 58.5 Å². The molecular weight excluding hydrogens is 418 g/mol. The standard InChI is InChI=1S/C26H31N3O2S/c1-18-10-12-28(13-11-18)26(31)16-29-15-24(21-6-4-5-7-23(21)29)32-17-25(30)27-22-14-19(2)8-9-20(22)3/h4-9,14-15,18H,10-13,16-17H2,1-3H3,(H,27,30). The van der Waals surface area contributed by atoms with Crippen LogP contribution in [0.25, 0.3) is 10.9 Å². The number of likely N-dealkylation sites (tertiary alicyclic amines) is 1. The summed E-state index contributed by atoms with van der Waals surface area (Å²) in [5, 5.41) is 4.11. The fourth-order valence-electron chi connectivity index (χ4n) is 4.16. The van der Waals surface area contributed by atoms with Crippen LogP contribution in [0.15, 0.2) is 53.6 Å². The summed E-state index contributed by atoms with van der Waals surface area (Å²) in [5.41, 5.74) is 4.06. The van der Waals surface area contributed by atoms with Crippen molar-refractivity contribution >= 4 is 40.2 Å². The number of anilines is 1. The van der Waals surface area contributed by atoms with Crippen molar-refractivity contribution in [1.29, 1.82) is 0 Å². The highest BCUT2D eigenvalue weighted by molar-refractivity contribution is 8.00. The molecule has 0 radical (unpaired) electrons. The quantitative estimate of drug-likeness (QED) is 0.523. The molecule has 1 aromatic heterocycles. The third-order valence-corrected chi connectivity index (χ3v) is 7.26. The number of para-hydroxylation sites is 1. The normalized spacial score (nSPS) is 14.7. The van der Waals surface area contributed by atoms with Crippen LogP contribution in [0, 0.1) is 19.8 Å². The first-order chi connectivity index (χ1) is 15.4. The predicted molar refractivity (Wildman–Crippen MR) is 132 cm³/mol. The van der Waals surface area contributed by atoms with Gasteiger partial charge in [-0.1, -0.05) is 37.3 Å². The van der Waals surface area contributed by atoms with Crippen LogP contribution in [0.3, 0.4) is 0 Å². The summed E-state index contributed by atoms with van der Waals surface area (Å²) in [7, 11) is 0. The minimum Gasteiger partial charge on any atom is -0.341 e. The largest absolute Gasteiger partial charge is 0.341 e. The Hall–Kier alpha value is -2.73. The summed E-state index contributed by atoms with van der Waals surface area (Å²) in [5.74, 6) is 1.16. The van der Waals surface area contributed by atoms with E-state index in [0.29, 0.717) is 18.2 Å². The number of hydrogen-bond donors (Lipinski definition) is 1. The molecule has 1 N–H and O–H groups in total. The van der Waals surface area contributed by atoms with Crippen molar-refractivity contribution in [2.24, 2.45) is 5.92 Å². The number of nitrogens with one attached hydrogen (secondary N) is 1. The Morgan fingerprint density at radius 2 is 1.84 bits per heavy atom. The van der Waals surface area contributed by atoms with Gasteiger partial charge in [-0.05, 0) is 55.9 Å². The molecule has 1 fully saturated rings. The number of amides is 2. The number of carbonyl (C=O) groups excluding carboxylic acids is 2. The fourth-order valence-corrected chi connectivity index (χ4v) is 5.05. The zero-order valence-electron chi connectivity index (χ0n) is 19.1.